The number of aliphatic hydroxyl groups excluding tert-OH is 1. The fourth-order valence-corrected chi connectivity index (χ4v) is 2.39. The van der Waals surface area contributed by atoms with Crippen molar-refractivity contribution in [1.82, 2.24) is 5.32 Å². The molecule has 3 rings (SSSR count). The molecule has 0 unspecified atom stereocenters. The van der Waals surface area contributed by atoms with Crippen LogP contribution in [0.25, 0.3) is 0 Å². The molecule has 1 aliphatic heterocycles. The number of hydrogen-bond donors (Lipinski definition) is 2. The highest BCUT2D eigenvalue weighted by molar-refractivity contribution is 5.77. The summed E-state index contributed by atoms with van der Waals surface area (Å²) in [5, 5.41) is 12.8. The minimum absolute atomic E-state index is 0.0260. The summed E-state index contributed by atoms with van der Waals surface area (Å²) in [6, 6.07) is 11.1. The highest BCUT2D eigenvalue weighted by atomic mass is 19.1. The van der Waals surface area contributed by atoms with Crippen molar-refractivity contribution >= 4 is 5.91 Å². The summed E-state index contributed by atoms with van der Waals surface area (Å²) in [6.07, 6.45) is -0.423. The van der Waals surface area contributed by atoms with Gasteiger partial charge in [0.25, 0.3) is 5.91 Å². The number of carbonyl (C=O) groups is 1. The Kier molecular flexibility index (Phi) is 5.35. The Bertz CT molecular complexity index is 752. The minimum Gasteiger partial charge on any atom is -0.481 e. The molecule has 2 aromatic rings. The van der Waals surface area contributed by atoms with Crippen LogP contribution in [-0.2, 0) is 4.79 Å². The van der Waals surface area contributed by atoms with Crippen molar-refractivity contribution in [3.8, 4) is 17.2 Å². The molecule has 1 atom stereocenters. The number of para-hydroxylation sites is 1. The van der Waals surface area contributed by atoms with Gasteiger partial charge in [0.15, 0.2) is 29.7 Å². The molecular weight excluding hydrogens is 329 g/mol. The lowest BCUT2D eigenvalue weighted by molar-refractivity contribution is -0.123. The summed E-state index contributed by atoms with van der Waals surface area (Å²) in [7, 11) is 0. The summed E-state index contributed by atoms with van der Waals surface area (Å²) in [5.74, 6) is 0.362. The Morgan fingerprint density at radius 3 is 2.88 bits per heavy atom. The predicted octanol–water partition coefficient (Wildman–Crippen LogP) is 2.17. The fourth-order valence-electron chi connectivity index (χ4n) is 2.39. The van der Waals surface area contributed by atoms with Crippen LogP contribution >= 0.6 is 0 Å². The van der Waals surface area contributed by atoms with Crippen LogP contribution in [-0.4, -0.2) is 31.0 Å². The lowest BCUT2D eigenvalue weighted by atomic mass is 10.1. The van der Waals surface area contributed by atoms with E-state index in [1.807, 2.05) is 0 Å². The fraction of sp³-hybridized carbons (Fsp3) is 0.278. The van der Waals surface area contributed by atoms with Gasteiger partial charge in [0.1, 0.15) is 0 Å². The van der Waals surface area contributed by atoms with Gasteiger partial charge in [0.2, 0.25) is 6.79 Å². The van der Waals surface area contributed by atoms with Gasteiger partial charge in [-0.2, -0.15) is 0 Å². The quantitative estimate of drug-likeness (QED) is 0.803. The molecule has 6 nitrogen and oxygen atoms in total. The van der Waals surface area contributed by atoms with Gasteiger partial charge < -0.3 is 24.6 Å². The number of amides is 1. The van der Waals surface area contributed by atoms with E-state index >= 15 is 0 Å². The van der Waals surface area contributed by atoms with Crippen LogP contribution in [0, 0.1) is 5.82 Å². The van der Waals surface area contributed by atoms with Crippen LogP contribution in [0.15, 0.2) is 42.5 Å². The lowest BCUT2D eigenvalue weighted by Crippen LogP contribution is -2.30. The molecule has 2 N–H and O–H groups in total. The van der Waals surface area contributed by atoms with Crippen LogP contribution in [0.3, 0.4) is 0 Å². The molecule has 0 saturated heterocycles. The second-order valence-corrected chi connectivity index (χ2v) is 5.49. The minimum atomic E-state index is -0.748. The number of benzene rings is 2. The van der Waals surface area contributed by atoms with Gasteiger partial charge in [-0.1, -0.05) is 18.2 Å². The van der Waals surface area contributed by atoms with Crippen molar-refractivity contribution in [3.05, 3.63) is 53.8 Å². The zero-order valence-corrected chi connectivity index (χ0v) is 13.4. The maximum atomic E-state index is 13.4. The highest BCUT2D eigenvalue weighted by Crippen LogP contribution is 2.34. The lowest BCUT2D eigenvalue weighted by Gasteiger charge is -2.12. The molecule has 132 valence electrons. The monoisotopic (exact) mass is 347 g/mol. The van der Waals surface area contributed by atoms with E-state index in [0.29, 0.717) is 23.5 Å². The largest absolute Gasteiger partial charge is 0.481 e. The van der Waals surface area contributed by atoms with Gasteiger partial charge >= 0.3 is 0 Å². The Morgan fingerprint density at radius 1 is 1.24 bits per heavy atom. The third-order valence-corrected chi connectivity index (χ3v) is 3.72. The number of rotatable bonds is 7. The van der Waals surface area contributed by atoms with Crippen molar-refractivity contribution in [3.63, 3.8) is 0 Å². The molecule has 7 heteroatoms. The second-order valence-electron chi connectivity index (χ2n) is 5.49. The standard InChI is InChI=1S/C18H18FNO5/c19-13-3-1-2-4-15(13)23-10-18(22)20-8-7-14(21)12-5-6-16-17(9-12)25-11-24-16/h1-6,9,14,21H,7-8,10-11H2,(H,20,22)/t14-/m1/s1. The van der Waals surface area contributed by atoms with Crippen molar-refractivity contribution < 1.29 is 28.5 Å². The van der Waals surface area contributed by atoms with Crippen LogP contribution in [0.4, 0.5) is 4.39 Å². The first-order valence-corrected chi connectivity index (χ1v) is 7.85. The summed E-state index contributed by atoms with van der Waals surface area (Å²) >= 11 is 0. The van der Waals surface area contributed by atoms with Crippen molar-refractivity contribution in [1.29, 1.82) is 0 Å². The number of halogens is 1. The Morgan fingerprint density at radius 2 is 2.04 bits per heavy atom. The number of fused-ring (bicyclic) bond motifs is 1. The Hall–Kier alpha value is -2.80. The van der Waals surface area contributed by atoms with E-state index in [2.05, 4.69) is 5.32 Å². The summed E-state index contributed by atoms with van der Waals surface area (Å²) in [4.78, 5) is 11.7. The maximum Gasteiger partial charge on any atom is 0.257 e. The first kappa shape index (κ1) is 17.0. The molecule has 1 heterocycles. The van der Waals surface area contributed by atoms with Crippen LogP contribution < -0.4 is 19.5 Å². The van der Waals surface area contributed by atoms with Gasteiger partial charge in [-0.15, -0.1) is 0 Å². The number of carbonyl (C=O) groups excluding carboxylic acids is 1. The average molecular weight is 347 g/mol. The Labute approximate surface area is 144 Å². The highest BCUT2D eigenvalue weighted by Gasteiger charge is 2.16. The van der Waals surface area contributed by atoms with Crippen LogP contribution in [0.1, 0.15) is 18.1 Å². The average Bonchev–Trinajstić information content (AvgIpc) is 3.08. The van der Waals surface area contributed by atoms with E-state index in [1.54, 1.807) is 30.3 Å². The molecule has 0 saturated carbocycles. The zero-order chi connectivity index (χ0) is 17.6. The molecule has 0 aliphatic carbocycles. The molecular formula is C18H18FNO5. The van der Waals surface area contributed by atoms with Gasteiger partial charge in [-0.25, -0.2) is 4.39 Å². The topological polar surface area (TPSA) is 77.0 Å². The molecule has 0 bridgehead atoms. The van der Waals surface area contributed by atoms with Gasteiger partial charge in [0.05, 0.1) is 6.10 Å². The van der Waals surface area contributed by atoms with E-state index < -0.39 is 11.9 Å². The molecule has 0 radical (unpaired) electrons. The Balaban J connectivity index is 1.41. The molecule has 0 spiro atoms. The van der Waals surface area contributed by atoms with E-state index in [9.17, 15) is 14.3 Å². The van der Waals surface area contributed by atoms with Crippen molar-refractivity contribution in [2.45, 2.75) is 12.5 Å². The molecule has 0 aromatic heterocycles. The third kappa shape index (κ3) is 4.39. The van der Waals surface area contributed by atoms with Crippen molar-refractivity contribution in [2.75, 3.05) is 19.9 Å². The second kappa shape index (κ2) is 7.85. The van der Waals surface area contributed by atoms with E-state index in [-0.39, 0.29) is 31.6 Å². The SMILES string of the molecule is O=C(COc1ccccc1F)NCC[C@@H](O)c1ccc2c(c1)OCO2. The van der Waals surface area contributed by atoms with E-state index in [4.69, 9.17) is 14.2 Å². The van der Waals surface area contributed by atoms with Crippen LogP contribution in [0.2, 0.25) is 0 Å². The van der Waals surface area contributed by atoms with Crippen LogP contribution in [0.5, 0.6) is 17.2 Å². The molecule has 25 heavy (non-hydrogen) atoms. The predicted molar refractivity (Wildman–Crippen MR) is 87.0 cm³/mol. The zero-order valence-electron chi connectivity index (χ0n) is 13.4. The van der Waals surface area contributed by atoms with Gasteiger partial charge in [-0.3, -0.25) is 4.79 Å². The van der Waals surface area contributed by atoms with Crippen molar-refractivity contribution in [2.24, 2.45) is 0 Å². The maximum absolute atomic E-state index is 13.4. The third-order valence-electron chi connectivity index (χ3n) is 3.72. The summed E-state index contributed by atoms with van der Waals surface area (Å²) < 4.78 is 29.0. The summed E-state index contributed by atoms with van der Waals surface area (Å²) in [6.45, 7) is 0.142. The number of aliphatic hydroxyl groups is 1. The summed E-state index contributed by atoms with van der Waals surface area (Å²) in [5.41, 5.74) is 0.682. The normalized spacial score (nSPS) is 13.4. The number of ether oxygens (including phenoxy) is 3. The van der Waals surface area contributed by atoms with E-state index in [0.717, 1.165) is 0 Å². The molecule has 1 amide bonds. The van der Waals surface area contributed by atoms with E-state index in [1.165, 1.54) is 12.1 Å². The first-order valence-electron chi connectivity index (χ1n) is 7.85. The van der Waals surface area contributed by atoms with Gasteiger partial charge in [0, 0.05) is 6.54 Å². The number of nitrogens with one attached hydrogen (secondary N) is 1. The molecule has 1 aliphatic rings. The first-order chi connectivity index (χ1) is 12.1. The van der Waals surface area contributed by atoms with Gasteiger partial charge in [-0.05, 0) is 36.2 Å². The molecule has 0 fully saturated rings. The smallest absolute Gasteiger partial charge is 0.257 e. The molecule has 2 aromatic carbocycles. The number of hydrogen-bond acceptors (Lipinski definition) is 5.